The molecule has 0 aromatic rings. The lowest BCUT2D eigenvalue weighted by atomic mass is 10.1. The molecule has 0 bridgehead atoms. The summed E-state index contributed by atoms with van der Waals surface area (Å²) in [6.07, 6.45) is 0. The lowest BCUT2D eigenvalue weighted by Gasteiger charge is -2.10. The van der Waals surface area contributed by atoms with Gasteiger partial charge in [0.2, 0.25) is 0 Å². The fraction of sp³-hybridized carbons (Fsp3) is 0.857. The molecule has 6 heteroatoms. The maximum atomic E-state index is 8.73. The molecule has 0 aliphatic carbocycles. The average molecular weight is 282 g/mol. The number of hydrogen-bond acceptors (Lipinski definition) is 6. The van der Waals surface area contributed by atoms with Crippen LogP contribution < -0.4 is 0 Å². The Kier molecular flexibility index (Phi) is 10.7. The van der Waals surface area contributed by atoms with Gasteiger partial charge in [-0.1, -0.05) is 27.7 Å². The first kappa shape index (κ1) is 20.8. The van der Waals surface area contributed by atoms with Crippen LogP contribution in [0.5, 0.6) is 0 Å². The highest BCUT2D eigenvalue weighted by molar-refractivity contribution is 4.94. The molecular weight excluding hydrogens is 256 g/mol. The molecule has 2 unspecified atom stereocenters. The first-order valence-corrected chi connectivity index (χ1v) is 6.60. The molecule has 0 aliphatic heterocycles. The molecule has 0 rings (SSSR count). The Morgan fingerprint density at radius 2 is 1.15 bits per heavy atom. The summed E-state index contributed by atoms with van der Waals surface area (Å²) in [7, 11) is 0. The van der Waals surface area contributed by atoms with Gasteiger partial charge in [-0.05, 0) is 32.6 Å². The van der Waals surface area contributed by atoms with Crippen molar-refractivity contribution >= 4 is 0 Å². The summed E-state index contributed by atoms with van der Waals surface area (Å²) in [5, 5.41) is 33.1. The van der Waals surface area contributed by atoms with E-state index in [0.717, 1.165) is 0 Å². The Labute approximate surface area is 122 Å². The first-order chi connectivity index (χ1) is 9.08. The standard InChI is InChI=1S/C10H16N4.C4H10O2/c1-7(2)9(5-11)13-14-10(6-12)8(3)4;1-4(2,3)6-5/h7-10H,1-4H3;5H,1-3H3. The quantitative estimate of drug-likeness (QED) is 0.481. The van der Waals surface area contributed by atoms with Crippen molar-refractivity contribution in [1.29, 1.82) is 10.5 Å². The number of hydrogen-bond donors (Lipinski definition) is 1. The Bertz CT molecular complexity index is 331. The molecule has 0 amide bonds. The van der Waals surface area contributed by atoms with Gasteiger partial charge in [-0.3, -0.25) is 5.26 Å². The zero-order chi connectivity index (χ0) is 16.3. The predicted molar refractivity (Wildman–Crippen MR) is 76.8 cm³/mol. The maximum absolute atomic E-state index is 8.73. The maximum Gasteiger partial charge on any atom is 0.159 e. The van der Waals surface area contributed by atoms with Gasteiger partial charge in [0.05, 0.1) is 17.7 Å². The summed E-state index contributed by atoms with van der Waals surface area (Å²) in [6.45, 7) is 12.9. The van der Waals surface area contributed by atoms with Gasteiger partial charge in [0, 0.05) is 0 Å². The van der Waals surface area contributed by atoms with Crippen LogP contribution in [0.3, 0.4) is 0 Å². The molecule has 114 valence electrons. The molecule has 0 heterocycles. The summed E-state index contributed by atoms with van der Waals surface area (Å²) in [5.41, 5.74) is -0.403. The molecule has 0 radical (unpaired) electrons. The fourth-order valence-electron chi connectivity index (χ4n) is 0.760. The zero-order valence-electron chi connectivity index (χ0n) is 13.5. The predicted octanol–water partition coefficient (Wildman–Crippen LogP) is 3.81. The topological polar surface area (TPSA) is 102 Å². The number of rotatable bonds is 4. The van der Waals surface area contributed by atoms with Crippen LogP contribution in [-0.2, 0) is 4.89 Å². The molecule has 20 heavy (non-hydrogen) atoms. The monoisotopic (exact) mass is 282 g/mol. The van der Waals surface area contributed by atoms with Crippen LogP contribution in [0.25, 0.3) is 0 Å². The van der Waals surface area contributed by atoms with Gasteiger partial charge in [-0.15, -0.1) is 0 Å². The molecule has 1 N–H and O–H groups in total. The highest BCUT2D eigenvalue weighted by atomic mass is 17.1. The molecular formula is C14H26N4O2. The fourth-order valence-corrected chi connectivity index (χ4v) is 0.760. The van der Waals surface area contributed by atoms with Crippen molar-refractivity contribution in [1.82, 2.24) is 0 Å². The van der Waals surface area contributed by atoms with Crippen LogP contribution in [0, 0.1) is 34.5 Å². The zero-order valence-corrected chi connectivity index (χ0v) is 13.5. The molecule has 0 aromatic heterocycles. The van der Waals surface area contributed by atoms with Crippen LogP contribution in [-0.4, -0.2) is 22.9 Å². The second kappa shape index (κ2) is 10.3. The second-order valence-corrected chi connectivity index (χ2v) is 6.07. The lowest BCUT2D eigenvalue weighted by Crippen LogP contribution is -2.15. The lowest BCUT2D eigenvalue weighted by molar-refractivity contribution is -0.306. The summed E-state index contributed by atoms with van der Waals surface area (Å²) < 4.78 is 0. The van der Waals surface area contributed by atoms with E-state index in [1.807, 2.05) is 27.7 Å². The van der Waals surface area contributed by atoms with E-state index in [4.69, 9.17) is 15.8 Å². The normalized spacial score (nSPS) is 14.4. The van der Waals surface area contributed by atoms with E-state index in [-0.39, 0.29) is 11.8 Å². The van der Waals surface area contributed by atoms with Crippen LogP contribution in [0.4, 0.5) is 0 Å². The van der Waals surface area contributed by atoms with Gasteiger partial charge in [0.15, 0.2) is 12.1 Å². The minimum atomic E-state index is -0.440. The summed E-state index contributed by atoms with van der Waals surface area (Å²) in [4.78, 5) is 3.94. The van der Waals surface area contributed by atoms with Crippen LogP contribution in [0.1, 0.15) is 48.5 Å². The van der Waals surface area contributed by atoms with E-state index in [0.29, 0.717) is 0 Å². The molecule has 0 aromatic carbocycles. The van der Waals surface area contributed by atoms with E-state index in [1.54, 1.807) is 20.8 Å². The summed E-state index contributed by atoms with van der Waals surface area (Å²) in [5.74, 6) is 0.269. The number of nitrogens with zero attached hydrogens (tertiary/aromatic N) is 4. The molecule has 0 fully saturated rings. The highest BCUT2D eigenvalue weighted by Crippen LogP contribution is 2.10. The van der Waals surface area contributed by atoms with E-state index in [1.165, 1.54) is 0 Å². The van der Waals surface area contributed by atoms with Gasteiger partial charge < -0.3 is 0 Å². The summed E-state index contributed by atoms with van der Waals surface area (Å²) in [6, 6.07) is 3.22. The highest BCUT2D eigenvalue weighted by Gasteiger charge is 2.14. The van der Waals surface area contributed by atoms with Gasteiger partial charge in [0.25, 0.3) is 0 Å². The number of azo groups is 1. The van der Waals surface area contributed by atoms with Crippen LogP contribution in [0.15, 0.2) is 10.2 Å². The third kappa shape index (κ3) is 11.6. The largest absolute Gasteiger partial charge is 0.251 e. The van der Waals surface area contributed by atoms with Gasteiger partial charge in [0.1, 0.15) is 0 Å². The number of nitriles is 2. The smallest absolute Gasteiger partial charge is 0.159 e. The molecule has 0 aliphatic rings. The van der Waals surface area contributed by atoms with E-state index in [2.05, 4.69) is 27.3 Å². The Morgan fingerprint density at radius 1 is 0.900 bits per heavy atom. The first-order valence-electron chi connectivity index (χ1n) is 6.60. The van der Waals surface area contributed by atoms with Gasteiger partial charge in [-0.25, -0.2) is 4.89 Å². The van der Waals surface area contributed by atoms with Gasteiger partial charge in [-0.2, -0.15) is 20.8 Å². The third-order valence-electron chi connectivity index (χ3n) is 2.12. The van der Waals surface area contributed by atoms with Crippen molar-refractivity contribution in [3.05, 3.63) is 0 Å². The van der Waals surface area contributed by atoms with E-state index < -0.39 is 17.7 Å². The van der Waals surface area contributed by atoms with Crippen LogP contribution >= 0.6 is 0 Å². The molecule has 2 atom stereocenters. The van der Waals surface area contributed by atoms with Crippen molar-refractivity contribution in [2.75, 3.05) is 0 Å². The SMILES string of the molecule is CC(C)(C)OO.CC(C)C(C#N)N=NC(C#N)C(C)C. The Morgan fingerprint density at radius 3 is 1.25 bits per heavy atom. The minimum Gasteiger partial charge on any atom is -0.251 e. The van der Waals surface area contributed by atoms with Crippen molar-refractivity contribution in [2.45, 2.75) is 66.2 Å². The van der Waals surface area contributed by atoms with Crippen molar-refractivity contribution in [3.8, 4) is 12.1 Å². The average Bonchev–Trinajstić information content (AvgIpc) is 2.33. The van der Waals surface area contributed by atoms with E-state index in [9.17, 15) is 0 Å². The molecule has 6 nitrogen and oxygen atoms in total. The Hall–Kier alpha value is -1.50. The second-order valence-electron chi connectivity index (χ2n) is 6.07. The summed E-state index contributed by atoms with van der Waals surface area (Å²) >= 11 is 0. The minimum absolute atomic E-state index is 0.134. The molecule has 0 spiro atoms. The van der Waals surface area contributed by atoms with Crippen molar-refractivity contribution < 1.29 is 10.1 Å². The molecule has 0 saturated carbocycles. The third-order valence-corrected chi connectivity index (χ3v) is 2.12. The Balaban J connectivity index is 0. The van der Waals surface area contributed by atoms with Gasteiger partial charge >= 0.3 is 0 Å². The van der Waals surface area contributed by atoms with Crippen molar-refractivity contribution in [3.63, 3.8) is 0 Å². The van der Waals surface area contributed by atoms with Crippen LogP contribution in [0.2, 0.25) is 0 Å². The van der Waals surface area contributed by atoms with Crippen molar-refractivity contribution in [2.24, 2.45) is 22.1 Å². The molecule has 0 saturated heterocycles. The van der Waals surface area contributed by atoms with E-state index >= 15 is 0 Å².